The summed E-state index contributed by atoms with van der Waals surface area (Å²) in [5.41, 5.74) is -5.53. The molecule has 0 spiro atoms. The van der Waals surface area contributed by atoms with Gasteiger partial charge in [-0.25, -0.2) is 0 Å². The number of halogens is 3. The fourth-order valence-corrected chi connectivity index (χ4v) is 3.65. The van der Waals surface area contributed by atoms with Gasteiger partial charge >= 0.3 is 15.6 Å². The van der Waals surface area contributed by atoms with E-state index in [0.717, 1.165) is 5.92 Å². The van der Waals surface area contributed by atoms with Crippen molar-refractivity contribution in [3.63, 3.8) is 0 Å². The standard InChI is InChI=1S/C18H39P.CHF3O3S/c1-5-9-10-11-12-13-14-15-16-17(6-2)18(19,7-3)8-4;2-1(3,4)8(5,6)7/h17H,5-16,19H2,1-4H3;(H,5,6,7). The third-order valence-electron chi connectivity index (χ3n) is 5.32. The molecule has 0 aromatic heterocycles. The second-order valence-corrected chi connectivity index (χ2v) is 9.79. The molecule has 3 nitrogen and oxygen atoms in total. The van der Waals surface area contributed by atoms with E-state index >= 15 is 0 Å². The molecule has 0 aromatic carbocycles. The maximum absolute atomic E-state index is 10.7. The lowest BCUT2D eigenvalue weighted by Crippen LogP contribution is -2.29. The molecule has 0 aliphatic carbocycles. The number of hydrogen-bond acceptors (Lipinski definition) is 2. The van der Waals surface area contributed by atoms with Crippen LogP contribution in [0.1, 0.15) is 105 Å². The van der Waals surface area contributed by atoms with E-state index in [9.17, 15) is 13.2 Å². The average Bonchev–Trinajstić information content (AvgIpc) is 2.58. The Labute approximate surface area is 167 Å². The summed E-state index contributed by atoms with van der Waals surface area (Å²) in [6, 6.07) is 0. The molecular weight excluding hydrogens is 396 g/mol. The summed E-state index contributed by atoms with van der Waals surface area (Å²) in [6.07, 6.45) is 16.9. The molecule has 2 unspecified atom stereocenters. The van der Waals surface area contributed by atoms with Crippen molar-refractivity contribution in [3.8, 4) is 0 Å². The van der Waals surface area contributed by atoms with Gasteiger partial charge in [-0.1, -0.05) is 85.5 Å². The first-order valence-corrected chi connectivity index (χ1v) is 12.2. The number of alkyl halides is 3. The van der Waals surface area contributed by atoms with Crippen molar-refractivity contribution in [1.82, 2.24) is 0 Å². The Hall–Kier alpha value is 0.130. The minimum Gasteiger partial charge on any atom is -0.279 e. The Balaban J connectivity index is 0. The maximum atomic E-state index is 10.7. The van der Waals surface area contributed by atoms with Crippen LogP contribution < -0.4 is 0 Å². The molecule has 0 aliphatic rings. The Kier molecular flexibility index (Phi) is 16.3. The quantitative estimate of drug-likeness (QED) is 0.142. The summed E-state index contributed by atoms with van der Waals surface area (Å²) in [7, 11) is -2.66. The fraction of sp³-hybridized carbons (Fsp3) is 1.00. The van der Waals surface area contributed by atoms with Crippen LogP contribution in [-0.2, 0) is 10.1 Å². The Bertz CT molecular complexity index is 450. The first-order chi connectivity index (χ1) is 12.4. The van der Waals surface area contributed by atoms with Gasteiger partial charge in [0.2, 0.25) is 0 Å². The second kappa shape index (κ2) is 15.0. The van der Waals surface area contributed by atoms with Gasteiger partial charge < -0.3 is 0 Å². The molecule has 0 fully saturated rings. The van der Waals surface area contributed by atoms with Crippen LogP contribution >= 0.6 is 9.24 Å². The zero-order valence-electron chi connectivity index (χ0n) is 17.4. The van der Waals surface area contributed by atoms with Crippen LogP contribution in [-0.4, -0.2) is 23.6 Å². The average molecular weight is 437 g/mol. The third kappa shape index (κ3) is 13.9. The Morgan fingerprint density at radius 2 is 1.22 bits per heavy atom. The fourth-order valence-electron chi connectivity index (χ4n) is 3.25. The first kappa shape index (κ1) is 29.3. The van der Waals surface area contributed by atoms with Crippen molar-refractivity contribution in [3.05, 3.63) is 0 Å². The molecule has 166 valence electrons. The zero-order chi connectivity index (χ0) is 21.6. The second-order valence-electron chi connectivity index (χ2n) is 7.23. The van der Waals surface area contributed by atoms with Crippen molar-refractivity contribution < 1.29 is 26.1 Å². The molecule has 0 aromatic rings. The highest BCUT2D eigenvalue weighted by molar-refractivity contribution is 7.86. The van der Waals surface area contributed by atoms with E-state index in [0.29, 0.717) is 5.16 Å². The SMILES string of the molecule is CCCCCCCCCCC(CC)C(P)(CC)CC.O=S(=O)(O)C(F)(F)F. The lowest BCUT2D eigenvalue weighted by molar-refractivity contribution is -0.0510. The lowest BCUT2D eigenvalue weighted by Gasteiger charge is -2.36. The van der Waals surface area contributed by atoms with Crippen molar-refractivity contribution in [2.24, 2.45) is 5.92 Å². The molecule has 0 bridgehead atoms. The van der Waals surface area contributed by atoms with Gasteiger partial charge in [0.15, 0.2) is 0 Å². The lowest BCUT2D eigenvalue weighted by atomic mass is 9.81. The van der Waals surface area contributed by atoms with Gasteiger partial charge in [0.05, 0.1) is 0 Å². The molecule has 1 N–H and O–H groups in total. The smallest absolute Gasteiger partial charge is 0.279 e. The summed E-state index contributed by atoms with van der Waals surface area (Å²) in [6.45, 7) is 9.38. The minimum atomic E-state index is -5.84. The highest BCUT2D eigenvalue weighted by Crippen LogP contribution is 2.39. The van der Waals surface area contributed by atoms with Crippen LogP contribution in [0.4, 0.5) is 13.2 Å². The van der Waals surface area contributed by atoms with E-state index in [2.05, 4.69) is 36.9 Å². The molecule has 0 saturated heterocycles. The van der Waals surface area contributed by atoms with E-state index in [1.54, 1.807) is 0 Å². The summed E-state index contributed by atoms with van der Waals surface area (Å²) < 4.78 is 57.5. The van der Waals surface area contributed by atoms with Gasteiger partial charge in [-0.3, -0.25) is 4.55 Å². The number of unbranched alkanes of at least 4 members (excludes halogenated alkanes) is 7. The van der Waals surface area contributed by atoms with Gasteiger partial charge in [0, 0.05) is 0 Å². The first-order valence-electron chi connectivity index (χ1n) is 10.2. The van der Waals surface area contributed by atoms with Gasteiger partial charge in [-0.05, 0) is 30.3 Å². The maximum Gasteiger partial charge on any atom is 0.522 e. The Morgan fingerprint density at radius 3 is 1.52 bits per heavy atom. The normalized spacial score (nSPS) is 13.8. The molecular formula is C19H40F3O3PS. The summed E-state index contributed by atoms with van der Waals surface area (Å²) in [4.78, 5) is 0. The predicted octanol–water partition coefficient (Wildman–Crippen LogP) is 7.37. The zero-order valence-corrected chi connectivity index (χ0v) is 19.4. The predicted molar refractivity (Wildman–Crippen MR) is 112 cm³/mol. The minimum absolute atomic E-state index is 0.510. The number of hydrogen-bond donors (Lipinski definition) is 1. The van der Waals surface area contributed by atoms with E-state index < -0.39 is 15.6 Å². The summed E-state index contributed by atoms with van der Waals surface area (Å²) >= 11 is 0. The third-order valence-corrected chi connectivity index (χ3v) is 7.19. The van der Waals surface area contributed by atoms with Gasteiger partial charge in [-0.15, -0.1) is 9.24 Å². The van der Waals surface area contributed by atoms with Gasteiger partial charge in [-0.2, -0.15) is 21.6 Å². The highest BCUT2D eigenvalue weighted by atomic mass is 32.2. The van der Waals surface area contributed by atoms with Crippen LogP contribution in [0.3, 0.4) is 0 Å². The number of rotatable bonds is 13. The van der Waals surface area contributed by atoms with Crippen LogP contribution in [0.5, 0.6) is 0 Å². The highest BCUT2D eigenvalue weighted by Gasteiger charge is 2.44. The van der Waals surface area contributed by atoms with Gasteiger partial charge in [0.1, 0.15) is 0 Å². The molecule has 2 atom stereocenters. The molecule has 0 rings (SSSR count). The molecule has 0 heterocycles. The van der Waals surface area contributed by atoms with E-state index in [-0.39, 0.29) is 0 Å². The van der Waals surface area contributed by atoms with Crippen molar-refractivity contribution in [2.75, 3.05) is 0 Å². The van der Waals surface area contributed by atoms with Crippen molar-refractivity contribution in [2.45, 2.75) is 115 Å². The summed E-state index contributed by atoms with van der Waals surface area (Å²) in [5.74, 6) is 0.910. The monoisotopic (exact) mass is 436 g/mol. The molecule has 0 saturated carbocycles. The van der Waals surface area contributed by atoms with Crippen LogP contribution in [0.25, 0.3) is 0 Å². The van der Waals surface area contributed by atoms with Crippen molar-refractivity contribution >= 4 is 19.4 Å². The van der Waals surface area contributed by atoms with E-state index in [1.165, 1.54) is 77.0 Å². The molecule has 0 aliphatic heterocycles. The van der Waals surface area contributed by atoms with E-state index in [4.69, 9.17) is 13.0 Å². The van der Waals surface area contributed by atoms with Crippen LogP contribution in [0.2, 0.25) is 0 Å². The molecule has 0 amide bonds. The Morgan fingerprint density at radius 1 is 0.852 bits per heavy atom. The van der Waals surface area contributed by atoms with Crippen molar-refractivity contribution in [1.29, 1.82) is 0 Å². The molecule has 27 heavy (non-hydrogen) atoms. The van der Waals surface area contributed by atoms with Crippen LogP contribution in [0.15, 0.2) is 0 Å². The topological polar surface area (TPSA) is 54.4 Å². The largest absolute Gasteiger partial charge is 0.522 e. The molecule has 8 heteroatoms. The van der Waals surface area contributed by atoms with Gasteiger partial charge in [0.25, 0.3) is 0 Å². The molecule has 0 radical (unpaired) electrons. The summed E-state index contributed by atoms with van der Waals surface area (Å²) in [5, 5.41) is 0.510. The van der Waals surface area contributed by atoms with E-state index in [1.807, 2.05) is 0 Å². The van der Waals surface area contributed by atoms with Crippen LogP contribution in [0, 0.1) is 5.92 Å².